The highest BCUT2D eigenvalue weighted by molar-refractivity contribution is 7.99. The van der Waals surface area contributed by atoms with Crippen LogP contribution < -0.4 is 4.31 Å². The Labute approximate surface area is 182 Å². The van der Waals surface area contributed by atoms with Crippen LogP contribution in [0.1, 0.15) is 38.7 Å². The number of carboxylic acid groups (broad SMARTS) is 1. The lowest BCUT2D eigenvalue weighted by atomic mass is 10.1. The normalized spacial score (nSPS) is 20.4. The first-order valence-corrected chi connectivity index (χ1v) is 11.3. The number of aromatic carboxylic acids is 1. The van der Waals surface area contributed by atoms with Crippen LogP contribution in [0.25, 0.3) is 0 Å². The van der Waals surface area contributed by atoms with Gasteiger partial charge in [0.2, 0.25) is 0 Å². The van der Waals surface area contributed by atoms with E-state index in [-0.39, 0.29) is 23.6 Å². The second kappa shape index (κ2) is 8.26. The molecule has 0 amide bonds. The van der Waals surface area contributed by atoms with Gasteiger partial charge in [-0.1, -0.05) is 52.7 Å². The molecule has 0 saturated heterocycles. The summed E-state index contributed by atoms with van der Waals surface area (Å²) in [6.45, 7) is 4.10. The van der Waals surface area contributed by atoms with Crippen LogP contribution in [0.4, 0.5) is 5.69 Å². The van der Waals surface area contributed by atoms with Crippen LogP contribution in [0.5, 0.6) is 0 Å². The Kier molecular flexibility index (Phi) is 5.66. The quantitative estimate of drug-likeness (QED) is 0.585. The maximum Gasteiger partial charge on any atom is 0.335 e. The van der Waals surface area contributed by atoms with E-state index in [9.17, 15) is 18.7 Å². The van der Waals surface area contributed by atoms with Gasteiger partial charge >= 0.3 is 5.97 Å². The van der Waals surface area contributed by atoms with Crippen molar-refractivity contribution in [3.63, 3.8) is 0 Å². The predicted molar refractivity (Wildman–Crippen MR) is 118 cm³/mol. The number of para-hydroxylation sites is 1. The van der Waals surface area contributed by atoms with Gasteiger partial charge < -0.3 is 14.4 Å². The number of carboxylic acids is 1. The van der Waals surface area contributed by atoms with Gasteiger partial charge in [-0.15, -0.1) is 0 Å². The third-order valence-electron chi connectivity index (χ3n) is 5.48. The summed E-state index contributed by atoms with van der Waals surface area (Å²) in [6, 6.07) is 19.1. The molecule has 2 unspecified atom stereocenters. The molecule has 4 rings (SSSR count). The van der Waals surface area contributed by atoms with E-state index < -0.39 is 22.5 Å². The number of benzene rings is 3. The van der Waals surface area contributed by atoms with E-state index in [1.165, 1.54) is 10.4 Å². The van der Waals surface area contributed by atoms with Crippen molar-refractivity contribution in [3.8, 4) is 0 Å². The van der Waals surface area contributed by atoms with Crippen LogP contribution in [0.2, 0.25) is 0 Å². The van der Waals surface area contributed by atoms with Gasteiger partial charge in [-0.25, -0.2) is 4.79 Å². The first-order valence-electron chi connectivity index (χ1n) is 9.91. The number of aryl methyl sites for hydroxylation is 2. The standard InChI is InChI=1S/C24H23NO5S/c1-16-7-5-8-17(2)23(16)25-14-21(20-11-3-4-12-22(20)31(25,28)29)30-15-18-9-6-10-19(13-18)24(26)27/h3-13,21H,14-15H2,1-2H3,(H-,26,27,28,29). The molecule has 0 saturated carbocycles. The summed E-state index contributed by atoms with van der Waals surface area (Å²) < 4.78 is 34.5. The highest BCUT2D eigenvalue weighted by Crippen LogP contribution is 2.42. The average Bonchev–Trinajstić information content (AvgIpc) is 2.74. The molecule has 3 aromatic rings. The van der Waals surface area contributed by atoms with E-state index in [4.69, 9.17) is 4.74 Å². The van der Waals surface area contributed by atoms with Gasteiger partial charge in [0.1, 0.15) is 6.10 Å². The lowest BCUT2D eigenvalue weighted by Crippen LogP contribution is -2.45. The van der Waals surface area contributed by atoms with Crippen LogP contribution in [0, 0.1) is 13.8 Å². The second-order valence-electron chi connectivity index (χ2n) is 7.62. The van der Waals surface area contributed by atoms with Gasteiger partial charge in [-0.2, -0.15) is 4.31 Å². The fourth-order valence-corrected chi connectivity index (χ4v) is 5.84. The Bertz CT molecular complexity index is 1170. The Hall–Kier alpha value is -3.00. The van der Waals surface area contributed by atoms with E-state index in [2.05, 4.69) is 0 Å². The maximum atomic E-state index is 13.5. The zero-order valence-corrected chi connectivity index (χ0v) is 18.1. The first kappa shape index (κ1) is 21.2. The van der Waals surface area contributed by atoms with Gasteiger partial charge in [0.15, 0.2) is 15.3 Å². The average molecular weight is 438 g/mol. The van der Waals surface area contributed by atoms with Crippen molar-refractivity contribution < 1.29 is 23.4 Å². The van der Waals surface area contributed by atoms with Crippen LogP contribution >= 0.6 is 0 Å². The number of nitrogens with zero attached hydrogens (tertiary/aromatic N) is 1. The molecule has 0 radical (unpaired) electrons. The van der Waals surface area contributed by atoms with E-state index in [0.29, 0.717) is 16.8 Å². The summed E-state index contributed by atoms with van der Waals surface area (Å²) in [5.74, 6) is -1.00. The Morgan fingerprint density at radius 1 is 1.10 bits per heavy atom. The van der Waals surface area contributed by atoms with Crippen molar-refractivity contribution in [1.82, 2.24) is 0 Å². The zero-order valence-electron chi connectivity index (χ0n) is 17.3. The van der Waals surface area contributed by atoms with Gasteiger partial charge in [0.25, 0.3) is 0 Å². The van der Waals surface area contributed by atoms with Crippen molar-refractivity contribution in [2.45, 2.75) is 31.5 Å². The number of rotatable bonds is 5. The van der Waals surface area contributed by atoms with E-state index in [1.54, 1.807) is 42.5 Å². The monoisotopic (exact) mass is 437 g/mol. The molecule has 6 nitrogen and oxygen atoms in total. The molecule has 7 heteroatoms. The van der Waals surface area contributed by atoms with Crippen LogP contribution in [0.15, 0.2) is 71.6 Å². The number of carbonyl (C=O) groups is 1. The molecule has 3 aromatic carbocycles. The molecule has 0 bridgehead atoms. The minimum absolute atomic E-state index is 0.143. The van der Waals surface area contributed by atoms with Crippen LogP contribution in [-0.2, 0) is 26.0 Å². The topological polar surface area (TPSA) is 89.9 Å². The predicted octanol–water partition coefficient (Wildman–Crippen LogP) is 4.68. The number of ether oxygens (including phenoxy) is 1. The number of hydrogen-bond donors (Lipinski definition) is 1. The molecule has 1 N–H and O–H groups in total. The van der Waals surface area contributed by atoms with Gasteiger partial charge in [-0.05, 0) is 48.7 Å². The summed E-state index contributed by atoms with van der Waals surface area (Å²) in [6.07, 6.45) is -0.493. The molecule has 0 aromatic heterocycles. The Balaban J connectivity index is 1.70. The summed E-state index contributed by atoms with van der Waals surface area (Å²) in [5, 5.41) is 9.21. The van der Waals surface area contributed by atoms with Crippen molar-refractivity contribution in [1.29, 1.82) is 0 Å². The molecular formula is C24H23NO5S. The molecular weight excluding hydrogens is 414 g/mol. The van der Waals surface area contributed by atoms with Crippen molar-refractivity contribution in [3.05, 3.63) is 94.5 Å². The minimum Gasteiger partial charge on any atom is -0.588 e. The molecule has 1 aliphatic rings. The van der Waals surface area contributed by atoms with Crippen LogP contribution in [0.3, 0.4) is 0 Å². The molecule has 1 heterocycles. The number of fused-ring (bicyclic) bond motifs is 1. The fourth-order valence-electron chi connectivity index (χ4n) is 3.99. The lowest BCUT2D eigenvalue weighted by Gasteiger charge is -2.38. The SMILES string of the molecule is Cc1cccc(C)c1N1CC(OCc2cccc(C(=O)O)c2)c2ccccc2[S+]1(=O)[O-]. The minimum atomic E-state index is -3.74. The molecule has 0 aliphatic carbocycles. The lowest BCUT2D eigenvalue weighted by molar-refractivity contribution is 0.0424. The molecule has 31 heavy (non-hydrogen) atoms. The van der Waals surface area contributed by atoms with E-state index >= 15 is 0 Å². The molecule has 0 fully saturated rings. The second-order valence-corrected chi connectivity index (χ2v) is 9.45. The molecule has 2 atom stereocenters. The summed E-state index contributed by atoms with van der Waals surface area (Å²) in [7, 11) is -3.74. The van der Waals surface area contributed by atoms with E-state index in [0.717, 1.165) is 11.1 Å². The van der Waals surface area contributed by atoms with Crippen LogP contribution in [-0.4, -0.2) is 22.2 Å². The van der Waals surface area contributed by atoms with Gasteiger partial charge in [0, 0.05) is 5.56 Å². The third kappa shape index (κ3) is 3.99. The maximum absolute atomic E-state index is 13.5. The summed E-state index contributed by atoms with van der Waals surface area (Å²) >= 11 is 0. The number of anilines is 1. The largest absolute Gasteiger partial charge is 0.588 e. The zero-order chi connectivity index (χ0) is 22.2. The van der Waals surface area contributed by atoms with Crippen molar-refractivity contribution in [2.24, 2.45) is 0 Å². The van der Waals surface area contributed by atoms with Gasteiger partial charge in [0.05, 0.1) is 24.4 Å². The summed E-state index contributed by atoms with van der Waals surface area (Å²) in [5.41, 5.74) is 3.92. The van der Waals surface area contributed by atoms with Gasteiger partial charge in [-0.3, -0.25) is 0 Å². The Morgan fingerprint density at radius 3 is 2.48 bits per heavy atom. The molecule has 160 valence electrons. The smallest absolute Gasteiger partial charge is 0.335 e. The van der Waals surface area contributed by atoms with Crippen molar-refractivity contribution >= 4 is 22.1 Å². The first-order chi connectivity index (χ1) is 14.8. The van der Waals surface area contributed by atoms with Crippen molar-refractivity contribution in [2.75, 3.05) is 10.8 Å². The fraction of sp³-hybridized carbons (Fsp3) is 0.208. The molecule has 0 spiro atoms. The summed E-state index contributed by atoms with van der Waals surface area (Å²) in [4.78, 5) is 11.5. The highest BCUT2D eigenvalue weighted by atomic mass is 32.3. The Morgan fingerprint density at radius 2 is 1.77 bits per heavy atom. The highest BCUT2D eigenvalue weighted by Gasteiger charge is 2.43. The third-order valence-corrected chi connectivity index (χ3v) is 7.32. The molecule has 1 aliphatic heterocycles. The number of hydrogen-bond acceptors (Lipinski definition) is 4. The van der Waals surface area contributed by atoms with E-state index in [1.807, 2.05) is 32.0 Å². The number of sulfonamides is 1.